The van der Waals surface area contributed by atoms with Crippen LogP contribution in [0.1, 0.15) is 54.4 Å². The Balaban J connectivity index is 1.35. The van der Waals surface area contributed by atoms with Gasteiger partial charge in [-0.05, 0) is 57.3 Å². The summed E-state index contributed by atoms with van der Waals surface area (Å²) in [6.07, 6.45) is 9.88. The zero-order valence-corrected chi connectivity index (χ0v) is 21.3. The summed E-state index contributed by atoms with van der Waals surface area (Å²) in [6, 6.07) is 35.5. The molecule has 0 heterocycles. The molecule has 1 heteroatoms. The van der Waals surface area contributed by atoms with Crippen molar-refractivity contribution in [2.24, 2.45) is 0 Å². The molecular formula is C34H30Si. The van der Waals surface area contributed by atoms with Crippen molar-refractivity contribution in [1.82, 2.24) is 0 Å². The molecule has 0 aromatic heterocycles. The molecule has 1 atom stereocenters. The minimum Gasteiger partial charge on any atom is -0.0748 e. The predicted molar refractivity (Wildman–Crippen MR) is 151 cm³/mol. The molecule has 2 aliphatic rings. The Hall–Kier alpha value is -3.42. The maximum Gasteiger partial charge on any atom is 0.111 e. The molecule has 0 saturated carbocycles. The van der Waals surface area contributed by atoms with Crippen LogP contribution in [-0.2, 0) is 6.42 Å². The molecule has 4 aromatic carbocycles. The van der Waals surface area contributed by atoms with Gasteiger partial charge in [0.25, 0.3) is 0 Å². The van der Waals surface area contributed by atoms with Crippen LogP contribution in [0, 0.1) is 0 Å². The standard InChI is InChI=1S/C34H30Si/c1-2-3-17-31-30-20-11-19-29(25-14-8-5-9-15-25)33(30)23-34(31)35-27-21-26-16-10-18-28(32(26)22-27)24-12-6-4-7-13-24/h4-16,18-20,22-23,31H,2-3,17,21H2,1H3. The van der Waals surface area contributed by atoms with Crippen molar-refractivity contribution in [2.75, 3.05) is 0 Å². The van der Waals surface area contributed by atoms with Crippen LogP contribution in [0.3, 0.4) is 0 Å². The molecule has 0 amide bonds. The van der Waals surface area contributed by atoms with Gasteiger partial charge < -0.3 is 0 Å². The molecule has 1 unspecified atom stereocenters. The minimum absolute atomic E-state index is 0.546. The molecule has 6 rings (SSSR count). The van der Waals surface area contributed by atoms with Crippen molar-refractivity contribution in [3.8, 4) is 22.3 Å². The van der Waals surface area contributed by atoms with Gasteiger partial charge in [0, 0.05) is 5.92 Å². The van der Waals surface area contributed by atoms with Crippen LogP contribution >= 0.6 is 0 Å². The molecule has 35 heavy (non-hydrogen) atoms. The molecular weight excluding hydrogens is 436 g/mol. The van der Waals surface area contributed by atoms with E-state index in [0.717, 1.165) is 15.9 Å². The lowest BCUT2D eigenvalue weighted by atomic mass is 9.91. The first kappa shape index (κ1) is 22.1. The van der Waals surface area contributed by atoms with Crippen LogP contribution in [0.4, 0.5) is 0 Å². The number of rotatable bonds is 7. The molecule has 0 saturated heterocycles. The Morgan fingerprint density at radius 1 is 0.686 bits per heavy atom. The second-order valence-corrected chi connectivity index (χ2v) is 11.2. The fourth-order valence-corrected chi connectivity index (χ4v) is 7.24. The van der Waals surface area contributed by atoms with E-state index in [0.29, 0.717) is 5.92 Å². The summed E-state index contributed by atoms with van der Waals surface area (Å²) in [5, 5.41) is 3.20. The first-order valence-electron chi connectivity index (χ1n) is 12.9. The second-order valence-electron chi connectivity index (χ2n) is 9.68. The van der Waals surface area contributed by atoms with E-state index in [-0.39, 0.29) is 0 Å². The van der Waals surface area contributed by atoms with Gasteiger partial charge in [-0.3, -0.25) is 0 Å². The first-order chi connectivity index (χ1) is 17.3. The van der Waals surface area contributed by atoms with Gasteiger partial charge in [0.15, 0.2) is 0 Å². The Kier molecular flexibility index (Phi) is 6.10. The fraction of sp³-hybridized carbons (Fsp3) is 0.176. The highest BCUT2D eigenvalue weighted by molar-refractivity contribution is 6.57. The number of allylic oxidation sites excluding steroid dienone is 2. The average molecular weight is 467 g/mol. The van der Waals surface area contributed by atoms with Crippen molar-refractivity contribution in [2.45, 2.75) is 38.5 Å². The van der Waals surface area contributed by atoms with Gasteiger partial charge in [0.05, 0.1) is 0 Å². The maximum atomic E-state index is 2.54. The summed E-state index contributed by atoms with van der Waals surface area (Å²) < 4.78 is 0. The van der Waals surface area contributed by atoms with E-state index in [1.54, 1.807) is 10.4 Å². The smallest absolute Gasteiger partial charge is 0.0748 e. The van der Waals surface area contributed by atoms with E-state index in [1.807, 2.05) is 0 Å². The molecule has 0 nitrogen and oxygen atoms in total. The van der Waals surface area contributed by atoms with Crippen molar-refractivity contribution in [1.29, 1.82) is 0 Å². The van der Waals surface area contributed by atoms with E-state index in [1.165, 1.54) is 63.8 Å². The summed E-state index contributed by atoms with van der Waals surface area (Å²) in [5.41, 5.74) is 11.2. The third-order valence-corrected chi connectivity index (χ3v) is 8.83. The first-order valence-corrected chi connectivity index (χ1v) is 13.9. The Morgan fingerprint density at radius 3 is 2.03 bits per heavy atom. The lowest BCUT2D eigenvalue weighted by Gasteiger charge is -2.17. The number of fused-ring (bicyclic) bond motifs is 2. The van der Waals surface area contributed by atoms with E-state index in [2.05, 4.69) is 116 Å². The van der Waals surface area contributed by atoms with Gasteiger partial charge in [0.1, 0.15) is 9.52 Å². The summed E-state index contributed by atoms with van der Waals surface area (Å²) in [5.74, 6) is 0.546. The van der Waals surface area contributed by atoms with Crippen molar-refractivity contribution >= 4 is 21.7 Å². The number of benzene rings is 4. The highest BCUT2D eigenvalue weighted by atomic mass is 28.2. The number of hydrogen-bond donors (Lipinski definition) is 0. The van der Waals surface area contributed by atoms with E-state index >= 15 is 0 Å². The van der Waals surface area contributed by atoms with Crippen LogP contribution in [0.15, 0.2) is 107 Å². The average Bonchev–Trinajstić information content (AvgIpc) is 3.48. The zero-order valence-electron chi connectivity index (χ0n) is 20.3. The lowest BCUT2D eigenvalue weighted by Crippen LogP contribution is -2.08. The van der Waals surface area contributed by atoms with Gasteiger partial charge in [0.2, 0.25) is 0 Å². The Morgan fingerprint density at radius 2 is 1.34 bits per heavy atom. The molecule has 0 fully saturated rings. The summed E-state index contributed by atoms with van der Waals surface area (Å²) in [7, 11) is 0.754. The lowest BCUT2D eigenvalue weighted by molar-refractivity contribution is 0.663. The van der Waals surface area contributed by atoms with Crippen LogP contribution in [0.5, 0.6) is 0 Å². The molecule has 4 aromatic rings. The predicted octanol–water partition coefficient (Wildman–Crippen LogP) is 8.95. The molecule has 2 radical (unpaired) electrons. The van der Waals surface area contributed by atoms with Gasteiger partial charge in [-0.15, -0.1) is 0 Å². The summed E-state index contributed by atoms with van der Waals surface area (Å²) in [6.45, 7) is 2.31. The van der Waals surface area contributed by atoms with Gasteiger partial charge >= 0.3 is 0 Å². The van der Waals surface area contributed by atoms with Crippen molar-refractivity contribution < 1.29 is 0 Å². The molecule has 0 spiro atoms. The maximum absolute atomic E-state index is 2.54. The van der Waals surface area contributed by atoms with Gasteiger partial charge in [-0.2, -0.15) is 0 Å². The fourth-order valence-electron chi connectivity index (χ4n) is 5.69. The quantitative estimate of drug-likeness (QED) is 0.238. The monoisotopic (exact) mass is 466 g/mol. The van der Waals surface area contributed by atoms with E-state index in [4.69, 9.17) is 0 Å². The second kappa shape index (κ2) is 9.68. The Labute approximate surface area is 211 Å². The molecule has 0 bridgehead atoms. The SMILES string of the molecule is CCCCC1C([Si]C2=Cc3c(cccc3-c3ccccc3)C2)=Cc2c(-c3ccccc3)cccc21. The highest BCUT2D eigenvalue weighted by Crippen LogP contribution is 2.44. The molecule has 2 aliphatic carbocycles. The van der Waals surface area contributed by atoms with Crippen LogP contribution in [0.2, 0.25) is 0 Å². The normalized spacial score (nSPS) is 16.0. The van der Waals surface area contributed by atoms with Crippen LogP contribution in [-0.4, -0.2) is 9.52 Å². The Bertz CT molecular complexity index is 1410. The molecule has 0 N–H and O–H groups in total. The molecule has 0 aliphatic heterocycles. The number of hydrogen-bond acceptors (Lipinski definition) is 0. The van der Waals surface area contributed by atoms with Crippen molar-refractivity contribution in [3.63, 3.8) is 0 Å². The third-order valence-electron chi connectivity index (χ3n) is 7.41. The van der Waals surface area contributed by atoms with Gasteiger partial charge in [-0.1, -0.05) is 139 Å². The van der Waals surface area contributed by atoms with E-state index < -0.39 is 0 Å². The minimum atomic E-state index is 0.546. The topological polar surface area (TPSA) is 0 Å². The summed E-state index contributed by atoms with van der Waals surface area (Å²) in [4.78, 5) is 0. The summed E-state index contributed by atoms with van der Waals surface area (Å²) >= 11 is 0. The largest absolute Gasteiger partial charge is 0.111 e. The van der Waals surface area contributed by atoms with Crippen molar-refractivity contribution in [3.05, 3.63) is 130 Å². The van der Waals surface area contributed by atoms with Crippen LogP contribution in [0.25, 0.3) is 34.4 Å². The zero-order chi connectivity index (χ0) is 23.6. The third kappa shape index (κ3) is 4.26. The number of unbranched alkanes of at least 4 members (excludes halogenated alkanes) is 1. The molecule has 170 valence electrons. The van der Waals surface area contributed by atoms with E-state index in [9.17, 15) is 0 Å². The van der Waals surface area contributed by atoms with Gasteiger partial charge in [-0.25, -0.2) is 0 Å². The van der Waals surface area contributed by atoms with Crippen LogP contribution < -0.4 is 0 Å². The highest BCUT2D eigenvalue weighted by Gasteiger charge is 2.28.